The molecule has 1 rings (SSSR count). The van der Waals surface area contributed by atoms with Crippen LogP contribution in [0.4, 0.5) is 0 Å². The number of cyclic esters (lactones) is 1. The Hall–Kier alpha value is -0.440. The van der Waals surface area contributed by atoms with Gasteiger partial charge in [-0.1, -0.05) is 0 Å². The molecular formula is C4H4O2S. The van der Waals surface area contributed by atoms with Crippen molar-refractivity contribution in [3.63, 3.8) is 0 Å². The van der Waals surface area contributed by atoms with Gasteiger partial charge >= 0.3 is 5.97 Å². The standard InChI is InChI=1S/C4H4O2S/c5-3-1-2-4(7)6-3/h1-2,4,7H/t4-/m1/s1. The van der Waals surface area contributed by atoms with Gasteiger partial charge in [-0.3, -0.25) is 0 Å². The van der Waals surface area contributed by atoms with Crippen LogP contribution >= 0.6 is 12.6 Å². The van der Waals surface area contributed by atoms with Crippen LogP contribution in [0.3, 0.4) is 0 Å². The number of ether oxygens (including phenoxy) is 1. The molecule has 1 heterocycles. The number of carbonyl (C=O) groups is 1. The third-order valence-electron chi connectivity index (χ3n) is 0.634. The van der Waals surface area contributed by atoms with E-state index in [1.54, 1.807) is 6.08 Å². The SMILES string of the molecule is O=C1C=C[C@@H](S)O1. The normalized spacial score (nSPS) is 28.1. The fraction of sp³-hybridized carbons (Fsp3) is 0.250. The zero-order valence-electron chi connectivity index (χ0n) is 3.50. The lowest BCUT2D eigenvalue weighted by Crippen LogP contribution is -1.97. The molecule has 0 unspecified atom stereocenters. The van der Waals surface area contributed by atoms with E-state index >= 15 is 0 Å². The molecule has 0 aromatic rings. The van der Waals surface area contributed by atoms with Crippen molar-refractivity contribution in [2.24, 2.45) is 0 Å². The molecule has 0 saturated carbocycles. The monoisotopic (exact) mass is 116 g/mol. The molecular weight excluding hydrogens is 112 g/mol. The zero-order chi connectivity index (χ0) is 5.28. The van der Waals surface area contributed by atoms with Crippen molar-refractivity contribution in [3.8, 4) is 0 Å². The molecule has 2 nitrogen and oxygen atoms in total. The van der Waals surface area contributed by atoms with E-state index in [0.29, 0.717) is 0 Å². The summed E-state index contributed by atoms with van der Waals surface area (Å²) >= 11 is 3.82. The summed E-state index contributed by atoms with van der Waals surface area (Å²) in [7, 11) is 0. The van der Waals surface area contributed by atoms with Crippen molar-refractivity contribution in [1.29, 1.82) is 0 Å². The van der Waals surface area contributed by atoms with Gasteiger partial charge in [-0.25, -0.2) is 4.79 Å². The maximum Gasteiger partial charge on any atom is 0.332 e. The fourth-order valence-corrected chi connectivity index (χ4v) is 0.548. The molecule has 38 valence electrons. The van der Waals surface area contributed by atoms with E-state index in [2.05, 4.69) is 17.4 Å². The highest BCUT2D eigenvalue weighted by molar-refractivity contribution is 7.81. The molecule has 0 amide bonds. The third-order valence-corrected chi connectivity index (χ3v) is 0.911. The van der Waals surface area contributed by atoms with E-state index < -0.39 is 0 Å². The molecule has 0 aromatic heterocycles. The zero-order valence-corrected chi connectivity index (χ0v) is 4.39. The second-order valence-corrected chi connectivity index (χ2v) is 1.70. The highest BCUT2D eigenvalue weighted by Crippen LogP contribution is 2.06. The van der Waals surface area contributed by atoms with Crippen molar-refractivity contribution in [2.75, 3.05) is 0 Å². The van der Waals surface area contributed by atoms with Gasteiger partial charge in [-0.05, 0) is 6.08 Å². The summed E-state index contributed by atoms with van der Waals surface area (Å²) in [5.41, 5.74) is -0.313. The Kier molecular flexibility index (Phi) is 1.06. The average molecular weight is 116 g/mol. The minimum absolute atomic E-state index is 0.306. The molecule has 0 spiro atoms. The minimum atomic E-state index is -0.313. The summed E-state index contributed by atoms with van der Waals surface area (Å²) in [5.74, 6) is -0.306. The summed E-state index contributed by atoms with van der Waals surface area (Å²) in [6.45, 7) is 0. The lowest BCUT2D eigenvalue weighted by molar-refractivity contribution is -0.135. The molecule has 0 aromatic carbocycles. The van der Waals surface area contributed by atoms with Crippen LogP contribution in [0.2, 0.25) is 0 Å². The van der Waals surface area contributed by atoms with E-state index in [-0.39, 0.29) is 11.4 Å². The van der Waals surface area contributed by atoms with Gasteiger partial charge in [0.2, 0.25) is 0 Å². The molecule has 3 heteroatoms. The summed E-state index contributed by atoms with van der Waals surface area (Å²) in [5, 5.41) is 0. The fourth-order valence-electron chi connectivity index (χ4n) is 0.358. The average Bonchev–Trinajstić information content (AvgIpc) is 1.87. The summed E-state index contributed by atoms with van der Waals surface area (Å²) in [6.07, 6.45) is 2.95. The highest BCUT2D eigenvalue weighted by atomic mass is 32.1. The molecule has 0 N–H and O–H groups in total. The third kappa shape index (κ3) is 0.962. The van der Waals surface area contributed by atoms with Gasteiger partial charge in [-0.2, -0.15) is 0 Å². The van der Waals surface area contributed by atoms with Crippen LogP contribution in [0.5, 0.6) is 0 Å². The van der Waals surface area contributed by atoms with Gasteiger partial charge in [0, 0.05) is 6.08 Å². The number of carbonyl (C=O) groups excluding carboxylic acids is 1. The lowest BCUT2D eigenvalue weighted by atomic mass is 10.6. The lowest BCUT2D eigenvalue weighted by Gasteiger charge is -1.94. The topological polar surface area (TPSA) is 26.3 Å². The van der Waals surface area contributed by atoms with E-state index in [1.165, 1.54) is 6.08 Å². The molecule has 1 atom stereocenters. The second kappa shape index (κ2) is 1.58. The second-order valence-electron chi connectivity index (χ2n) is 1.19. The maximum atomic E-state index is 10.1. The van der Waals surface area contributed by atoms with E-state index in [1.807, 2.05) is 0 Å². The first kappa shape index (κ1) is 4.71. The Morgan fingerprint density at radius 2 is 2.57 bits per heavy atom. The van der Waals surface area contributed by atoms with Crippen LogP contribution in [0.25, 0.3) is 0 Å². The predicted octanol–water partition coefficient (Wildman–Crippen LogP) is 0.355. The number of hydrogen-bond donors (Lipinski definition) is 1. The number of hydrogen-bond acceptors (Lipinski definition) is 3. The van der Waals surface area contributed by atoms with Crippen LogP contribution in [-0.2, 0) is 9.53 Å². The maximum absolute atomic E-state index is 10.1. The van der Waals surface area contributed by atoms with Gasteiger partial charge in [-0.15, -0.1) is 12.6 Å². The van der Waals surface area contributed by atoms with Crippen molar-refractivity contribution >= 4 is 18.6 Å². The molecule has 0 fully saturated rings. The van der Waals surface area contributed by atoms with Crippen LogP contribution in [0.1, 0.15) is 0 Å². The van der Waals surface area contributed by atoms with Crippen molar-refractivity contribution < 1.29 is 9.53 Å². The smallest absolute Gasteiger partial charge is 0.332 e. The quantitative estimate of drug-likeness (QED) is 0.365. The minimum Gasteiger partial charge on any atom is -0.444 e. The summed E-state index contributed by atoms with van der Waals surface area (Å²) < 4.78 is 4.48. The van der Waals surface area contributed by atoms with Gasteiger partial charge < -0.3 is 4.74 Å². The van der Waals surface area contributed by atoms with Gasteiger partial charge in [0.25, 0.3) is 0 Å². The first-order valence-corrected chi connectivity index (χ1v) is 2.37. The van der Waals surface area contributed by atoms with Crippen molar-refractivity contribution in [3.05, 3.63) is 12.2 Å². The first-order valence-electron chi connectivity index (χ1n) is 1.86. The Bertz CT molecular complexity index is 119. The number of thiol groups is 1. The largest absolute Gasteiger partial charge is 0.444 e. The van der Waals surface area contributed by atoms with Gasteiger partial charge in [0.05, 0.1) is 0 Å². The predicted molar refractivity (Wildman–Crippen MR) is 28.0 cm³/mol. The molecule has 1 aliphatic rings. The van der Waals surface area contributed by atoms with Crippen LogP contribution < -0.4 is 0 Å². The molecule has 0 saturated heterocycles. The van der Waals surface area contributed by atoms with E-state index in [0.717, 1.165) is 0 Å². The Morgan fingerprint density at radius 1 is 1.86 bits per heavy atom. The number of esters is 1. The molecule has 1 aliphatic heterocycles. The Labute approximate surface area is 46.6 Å². The number of rotatable bonds is 0. The molecule has 0 bridgehead atoms. The van der Waals surface area contributed by atoms with Gasteiger partial charge in [0.15, 0.2) is 5.44 Å². The van der Waals surface area contributed by atoms with Crippen LogP contribution in [0, 0.1) is 0 Å². The van der Waals surface area contributed by atoms with Gasteiger partial charge in [0.1, 0.15) is 0 Å². The molecule has 0 radical (unpaired) electrons. The van der Waals surface area contributed by atoms with E-state index in [4.69, 9.17) is 0 Å². The van der Waals surface area contributed by atoms with E-state index in [9.17, 15) is 4.79 Å². The van der Waals surface area contributed by atoms with Crippen LogP contribution in [0.15, 0.2) is 12.2 Å². The Morgan fingerprint density at radius 3 is 2.71 bits per heavy atom. The molecule has 0 aliphatic carbocycles. The highest BCUT2D eigenvalue weighted by Gasteiger charge is 2.09. The summed E-state index contributed by atoms with van der Waals surface area (Å²) in [4.78, 5) is 10.1. The van der Waals surface area contributed by atoms with Crippen molar-refractivity contribution in [1.82, 2.24) is 0 Å². The van der Waals surface area contributed by atoms with Crippen LogP contribution in [-0.4, -0.2) is 11.4 Å². The first-order chi connectivity index (χ1) is 3.29. The van der Waals surface area contributed by atoms with Crippen molar-refractivity contribution in [2.45, 2.75) is 5.44 Å². The molecule has 7 heavy (non-hydrogen) atoms. The summed E-state index contributed by atoms with van der Waals surface area (Å²) in [6, 6.07) is 0. The Balaban J connectivity index is 2.58.